The van der Waals surface area contributed by atoms with E-state index >= 15 is 0 Å². The van der Waals surface area contributed by atoms with Gasteiger partial charge in [-0.2, -0.15) is 5.10 Å². The molecular formula is C17H19N3O. The second-order valence-corrected chi connectivity index (χ2v) is 6.28. The van der Waals surface area contributed by atoms with E-state index in [1.807, 2.05) is 6.07 Å². The van der Waals surface area contributed by atoms with Gasteiger partial charge < -0.3 is 5.32 Å². The molecule has 2 aliphatic carbocycles. The minimum Gasteiger partial charge on any atom is -0.355 e. The summed E-state index contributed by atoms with van der Waals surface area (Å²) in [7, 11) is 0. The summed E-state index contributed by atoms with van der Waals surface area (Å²) in [6.45, 7) is 0.793. The molecule has 4 nitrogen and oxygen atoms in total. The van der Waals surface area contributed by atoms with Crippen LogP contribution in [0.1, 0.15) is 29.7 Å². The van der Waals surface area contributed by atoms with Crippen molar-refractivity contribution in [2.24, 2.45) is 5.92 Å². The van der Waals surface area contributed by atoms with E-state index in [-0.39, 0.29) is 5.91 Å². The summed E-state index contributed by atoms with van der Waals surface area (Å²) in [6, 6.07) is 10.6. The Bertz CT molecular complexity index is 664. The molecule has 0 bridgehead atoms. The first-order valence-corrected chi connectivity index (χ1v) is 7.61. The lowest BCUT2D eigenvalue weighted by atomic mass is 9.95. The van der Waals surface area contributed by atoms with E-state index in [9.17, 15) is 4.79 Å². The molecule has 0 unspecified atom stereocenters. The van der Waals surface area contributed by atoms with Gasteiger partial charge in [-0.3, -0.25) is 9.89 Å². The van der Waals surface area contributed by atoms with Crippen molar-refractivity contribution in [3.8, 4) is 0 Å². The van der Waals surface area contributed by atoms with Gasteiger partial charge in [0, 0.05) is 23.9 Å². The summed E-state index contributed by atoms with van der Waals surface area (Å²) in [5.74, 6) is 0.680. The summed E-state index contributed by atoms with van der Waals surface area (Å²) >= 11 is 0. The SMILES string of the molecule is O=C(Cc1ccn[nH]1)NC[C@H]1C[C@@]12CCc1ccccc12. The number of H-pyrrole nitrogens is 1. The first kappa shape index (κ1) is 12.6. The van der Waals surface area contributed by atoms with Gasteiger partial charge >= 0.3 is 0 Å². The Morgan fingerprint density at radius 2 is 2.29 bits per heavy atom. The van der Waals surface area contributed by atoms with Crippen molar-refractivity contribution < 1.29 is 4.79 Å². The average Bonchev–Trinajstić information content (AvgIpc) is 2.83. The van der Waals surface area contributed by atoms with Crippen molar-refractivity contribution in [1.29, 1.82) is 0 Å². The molecule has 1 fully saturated rings. The van der Waals surface area contributed by atoms with Crippen LogP contribution in [0, 0.1) is 5.92 Å². The molecular weight excluding hydrogens is 262 g/mol. The van der Waals surface area contributed by atoms with E-state index in [1.165, 1.54) is 30.4 Å². The number of carbonyl (C=O) groups is 1. The molecule has 2 N–H and O–H groups in total. The van der Waals surface area contributed by atoms with Gasteiger partial charge in [0.1, 0.15) is 0 Å². The zero-order valence-corrected chi connectivity index (χ0v) is 11.9. The highest BCUT2D eigenvalue weighted by atomic mass is 16.1. The molecule has 2 aliphatic rings. The van der Waals surface area contributed by atoms with E-state index in [0.717, 1.165) is 12.2 Å². The molecule has 1 saturated carbocycles. The van der Waals surface area contributed by atoms with Gasteiger partial charge in [0.25, 0.3) is 0 Å². The Kier molecular flexibility index (Phi) is 2.84. The topological polar surface area (TPSA) is 57.8 Å². The first-order valence-electron chi connectivity index (χ1n) is 7.61. The first-order chi connectivity index (χ1) is 10.3. The molecule has 0 aliphatic heterocycles. The number of carbonyl (C=O) groups excluding carboxylic acids is 1. The smallest absolute Gasteiger partial charge is 0.226 e. The van der Waals surface area contributed by atoms with Crippen molar-refractivity contribution in [2.45, 2.75) is 31.1 Å². The minimum atomic E-state index is 0.0765. The lowest BCUT2D eigenvalue weighted by Crippen LogP contribution is -2.29. The molecule has 4 rings (SSSR count). The second kappa shape index (κ2) is 4.72. The quantitative estimate of drug-likeness (QED) is 0.900. The molecule has 1 amide bonds. The fourth-order valence-corrected chi connectivity index (χ4v) is 3.86. The largest absolute Gasteiger partial charge is 0.355 e. The van der Waals surface area contributed by atoms with E-state index in [0.29, 0.717) is 17.8 Å². The fraction of sp³-hybridized carbons (Fsp3) is 0.412. The van der Waals surface area contributed by atoms with Crippen LogP contribution in [-0.4, -0.2) is 22.6 Å². The van der Waals surface area contributed by atoms with Crippen molar-refractivity contribution in [2.75, 3.05) is 6.54 Å². The van der Waals surface area contributed by atoms with E-state index in [4.69, 9.17) is 0 Å². The van der Waals surface area contributed by atoms with Crippen LogP contribution in [0.15, 0.2) is 36.5 Å². The maximum atomic E-state index is 11.9. The Morgan fingerprint density at radius 3 is 3.14 bits per heavy atom. The number of hydrogen-bond donors (Lipinski definition) is 2. The van der Waals surface area contributed by atoms with Gasteiger partial charge in [-0.25, -0.2) is 0 Å². The van der Waals surface area contributed by atoms with Crippen molar-refractivity contribution in [3.63, 3.8) is 0 Å². The maximum absolute atomic E-state index is 11.9. The van der Waals surface area contributed by atoms with Crippen LogP contribution in [0.2, 0.25) is 0 Å². The predicted octanol–water partition coefficient (Wildman–Crippen LogP) is 1.97. The Hall–Kier alpha value is -2.10. The fourth-order valence-electron chi connectivity index (χ4n) is 3.86. The number of amides is 1. The molecule has 0 radical (unpaired) electrons. The third-order valence-electron chi connectivity index (χ3n) is 5.08. The van der Waals surface area contributed by atoms with Crippen molar-refractivity contribution in [1.82, 2.24) is 15.5 Å². The van der Waals surface area contributed by atoms with Crippen LogP contribution in [0.3, 0.4) is 0 Å². The third kappa shape index (κ3) is 2.15. The molecule has 1 spiro atoms. The number of hydrogen-bond acceptors (Lipinski definition) is 2. The number of nitrogens with zero attached hydrogens (tertiary/aromatic N) is 1. The average molecular weight is 281 g/mol. The number of fused-ring (bicyclic) bond motifs is 2. The molecule has 0 saturated heterocycles. The zero-order chi connectivity index (χ0) is 14.3. The van der Waals surface area contributed by atoms with Crippen LogP contribution in [0.4, 0.5) is 0 Å². The summed E-state index contributed by atoms with van der Waals surface area (Å²) in [5, 5.41) is 9.76. The molecule has 2 aromatic rings. The molecule has 21 heavy (non-hydrogen) atoms. The Morgan fingerprint density at radius 1 is 1.38 bits per heavy atom. The van der Waals surface area contributed by atoms with Gasteiger partial charge in [0.05, 0.1) is 6.42 Å². The number of nitrogens with one attached hydrogen (secondary N) is 2. The van der Waals surface area contributed by atoms with E-state index in [2.05, 4.69) is 39.8 Å². The lowest BCUT2D eigenvalue weighted by molar-refractivity contribution is -0.120. The van der Waals surface area contributed by atoms with E-state index < -0.39 is 0 Å². The van der Waals surface area contributed by atoms with Crippen LogP contribution in [0.25, 0.3) is 0 Å². The highest BCUT2D eigenvalue weighted by Gasteiger charge is 2.57. The van der Waals surface area contributed by atoms with Crippen molar-refractivity contribution >= 4 is 5.91 Å². The summed E-state index contributed by atoms with van der Waals surface area (Å²) in [6.07, 6.45) is 5.71. The van der Waals surface area contributed by atoms with Gasteiger partial charge in [-0.15, -0.1) is 0 Å². The number of aryl methyl sites for hydroxylation is 1. The predicted molar refractivity (Wildman–Crippen MR) is 79.8 cm³/mol. The zero-order valence-electron chi connectivity index (χ0n) is 11.9. The number of aromatic nitrogens is 2. The highest BCUT2D eigenvalue weighted by Crippen LogP contribution is 2.61. The second-order valence-electron chi connectivity index (χ2n) is 6.28. The van der Waals surface area contributed by atoms with Crippen LogP contribution < -0.4 is 5.32 Å². The lowest BCUT2D eigenvalue weighted by Gasteiger charge is -2.12. The van der Waals surface area contributed by atoms with Gasteiger partial charge in [0.2, 0.25) is 5.91 Å². The standard InChI is InChI=1S/C17H19N3O/c21-16(9-14-6-8-19-20-14)18-11-13-10-17(13)7-5-12-3-1-2-4-15(12)17/h1-4,6,8,13H,5,7,9-11H2,(H,18,21)(H,19,20)/t13-,17+/m1/s1. The molecule has 1 aromatic carbocycles. The van der Waals surface area contributed by atoms with Gasteiger partial charge in [-0.05, 0) is 42.4 Å². The normalized spacial score (nSPS) is 25.8. The van der Waals surface area contributed by atoms with Crippen LogP contribution in [0.5, 0.6) is 0 Å². The summed E-state index contributed by atoms with van der Waals surface area (Å²) in [4.78, 5) is 11.9. The molecule has 1 heterocycles. The maximum Gasteiger partial charge on any atom is 0.226 e. The molecule has 4 heteroatoms. The van der Waals surface area contributed by atoms with Crippen LogP contribution >= 0.6 is 0 Å². The Labute approximate surface area is 124 Å². The highest BCUT2D eigenvalue weighted by molar-refractivity contribution is 5.78. The molecule has 2 atom stereocenters. The molecule has 1 aromatic heterocycles. The monoisotopic (exact) mass is 281 g/mol. The van der Waals surface area contributed by atoms with E-state index in [1.54, 1.807) is 6.20 Å². The van der Waals surface area contributed by atoms with Gasteiger partial charge in [0.15, 0.2) is 0 Å². The number of benzene rings is 1. The number of aromatic amines is 1. The van der Waals surface area contributed by atoms with Crippen LogP contribution in [-0.2, 0) is 23.1 Å². The van der Waals surface area contributed by atoms with Gasteiger partial charge in [-0.1, -0.05) is 24.3 Å². The third-order valence-corrected chi connectivity index (χ3v) is 5.08. The Balaban J connectivity index is 1.35. The van der Waals surface area contributed by atoms with Crippen molar-refractivity contribution in [3.05, 3.63) is 53.3 Å². The summed E-state index contributed by atoms with van der Waals surface area (Å²) < 4.78 is 0. The molecule has 108 valence electrons. The summed E-state index contributed by atoms with van der Waals surface area (Å²) in [5.41, 5.74) is 4.25. The number of rotatable bonds is 4. The minimum absolute atomic E-state index is 0.0765.